The van der Waals surface area contributed by atoms with Crippen LogP contribution in [0, 0.1) is 0 Å². The van der Waals surface area contributed by atoms with E-state index in [1.54, 1.807) is 0 Å². The second-order valence-corrected chi connectivity index (χ2v) is 2.43. The molecule has 0 bridgehead atoms. The fraction of sp³-hybridized carbons (Fsp3) is 0.857. The molecule has 1 rings (SSSR count). The van der Waals surface area contributed by atoms with Gasteiger partial charge in [0.2, 0.25) is 0 Å². The van der Waals surface area contributed by atoms with E-state index in [0.29, 0.717) is 12.8 Å². The van der Waals surface area contributed by atoms with Crippen LogP contribution in [-0.2, 0) is 14.3 Å². The Morgan fingerprint density at radius 2 is 2.64 bits per heavy atom. The molecule has 1 unspecified atom stereocenters. The summed E-state index contributed by atoms with van der Waals surface area (Å²) in [6.07, 6.45) is 1.18. The quantitative estimate of drug-likeness (QED) is 0.583. The summed E-state index contributed by atoms with van der Waals surface area (Å²) >= 11 is 0. The van der Waals surface area contributed by atoms with Gasteiger partial charge < -0.3 is 9.47 Å². The van der Waals surface area contributed by atoms with E-state index < -0.39 is 0 Å². The van der Waals surface area contributed by atoms with E-state index in [0.717, 1.165) is 13.2 Å². The summed E-state index contributed by atoms with van der Waals surface area (Å²) < 4.78 is 9.72. The van der Waals surface area contributed by atoms with Crippen molar-refractivity contribution in [2.24, 2.45) is 0 Å². The van der Waals surface area contributed by atoms with Crippen molar-refractivity contribution in [1.82, 2.24) is 5.32 Å². The number of rotatable bonds is 3. The molecule has 1 atom stereocenters. The number of carbonyl (C=O) groups excluding carboxylic acids is 1. The molecule has 4 heteroatoms. The van der Waals surface area contributed by atoms with E-state index in [-0.39, 0.29) is 12.2 Å². The van der Waals surface area contributed by atoms with Crippen molar-refractivity contribution in [3.8, 4) is 0 Å². The van der Waals surface area contributed by atoms with Gasteiger partial charge in [-0.1, -0.05) is 0 Å². The Kier molecular flexibility index (Phi) is 3.32. The van der Waals surface area contributed by atoms with E-state index in [9.17, 15) is 4.79 Å². The number of ether oxygens (including phenoxy) is 2. The van der Waals surface area contributed by atoms with E-state index in [1.807, 2.05) is 0 Å². The lowest BCUT2D eigenvalue weighted by Crippen LogP contribution is -2.23. The van der Waals surface area contributed by atoms with Crippen molar-refractivity contribution in [1.29, 1.82) is 0 Å². The molecule has 4 nitrogen and oxygen atoms in total. The van der Waals surface area contributed by atoms with Gasteiger partial charge in [-0.3, -0.25) is 10.1 Å². The summed E-state index contributed by atoms with van der Waals surface area (Å²) in [5.41, 5.74) is 0. The van der Waals surface area contributed by atoms with Gasteiger partial charge in [-0.15, -0.1) is 0 Å². The highest BCUT2D eigenvalue weighted by Gasteiger charge is 2.15. The smallest absolute Gasteiger partial charge is 0.305 e. The molecule has 64 valence electrons. The van der Waals surface area contributed by atoms with Crippen LogP contribution in [0.15, 0.2) is 0 Å². The highest BCUT2D eigenvalue weighted by atomic mass is 16.5. The largest absolute Gasteiger partial charge is 0.469 e. The Labute approximate surface area is 65.9 Å². The SMILES string of the molecule is COC(=O)CCC1NCCO1. The van der Waals surface area contributed by atoms with Crippen LogP contribution in [0.3, 0.4) is 0 Å². The Balaban J connectivity index is 2.06. The zero-order chi connectivity index (χ0) is 8.10. The topological polar surface area (TPSA) is 47.6 Å². The fourth-order valence-corrected chi connectivity index (χ4v) is 1.02. The summed E-state index contributed by atoms with van der Waals surface area (Å²) in [6, 6.07) is 0. The van der Waals surface area contributed by atoms with Crippen LogP contribution in [0.2, 0.25) is 0 Å². The van der Waals surface area contributed by atoms with E-state index in [2.05, 4.69) is 10.1 Å². The van der Waals surface area contributed by atoms with Crippen LogP contribution < -0.4 is 5.32 Å². The van der Waals surface area contributed by atoms with Gasteiger partial charge in [-0.25, -0.2) is 0 Å². The molecule has 1 aliphatic heterocycles. The molecular formula is C7H13NO3. The zero-order valence-corrected chi connectivity index (χ0v) is 6.63. The monoisotopic (exact) mass is 159 g/mol. The average Bonchev–Trinajstić information content (AvgIpc) is 2.52. The Morgan fingerprint density at radius 3 is 3.18 bits per heavy atom. The number of methoxy groups -OCH3 is 1. The van der Waals surface area contributed by atoms with Crippen LogP contribution in [0.25, 0.3) is 0 Å². The molecule has 1 fully saturated rings. The summed E-state index contributed by atoms with van der Waals surface area (Å²) in [7, 11) is 1.39. The molecule has 0 aliphatic carbocycles. The number of carbonyl (C=O) groups is 1. The minimum absolute atomic E-state index is 0.0501. The molecule has 1 aliphatic rings. The maximum atomic E-state index is 10.7. The molecule has 0 saturated carbocycles. The van der Waals surface area contributed by atoms with Crippen LogP contribution >= 0.6 is 0 Å². The second kappa shape index (κ2) is 4.31. The lowest BCUT2D eigenvalue weighted by Gasteiger charge is -2.07. The molecule has 1 saturated heterocycles. The highest BCUT2D eigenvalue weighted by Crippen LogP contribution is 2.03. The molecule has 0 spiro atoms. The first-order chi connectivity index (χ1) is 5.33. The first-order valence-corrected chi connectivity index (χ1v) is 3.74. The van der Waals surface area contributed by atoms with Gasteiger partial charge in [-0.05, 0) is 6.42 Å². The Morgan fingerprint density at radius 1 is 1.82 bits per heavy atom. The van der Waals surface area contributed by atoms with E-state index >= 15 is 0 Å². The number of hydrogen-bond acceptors (Lipinski definition) is 4. The second-order valence-electron chi connectivity index (χ2n) is 2.43. The summed E-state index contributed by atoms with van der Waals surface area (Å²) in [5, 5.41) is 3.11. The fourth-order valence-electron chi connectivity index (χ4n) is 1.02. The lowest BCUT2D eigenvalue weighted by atomic mass is 10.3. The average molecular weight is 159 g/mol. The molecular weight excluding hydrogens is 146 g/mol. The van der Waals surface area contributed by atoms with Gasteiger partial charge in [0.15, 0.2) is 0 Å². The highest BCUT2D eigenvalue weighted by molar-refractivity contribution is 5.69. The predicted octanol–water partition coefficient (Wildman–Crippen LogP) is -0.115. The van der Waals surface area contributed by atoms with Crippen molar-refractivity contribution in [2.75, 3.05) is 20.3 Å². The molecule has 0 aromatic rings. The van der Waals surface area contributed by atoms with Gasteiger partial charge in [0.1, 0.15) is 6.23 Å². The van der Waals surface area contributed by atoms with Crippen molar-refractivity contribution >= 4 is 5.97 Å². The zero-order valence-electron chi connectivity index (χ0n) is 6.63. The first-order valence-electron chi connectivity index (χ1n) is 3.74. The third-order valence-electron chi connectivity index (χ3n) is 1.63. The van der Waals surface area contributed by atoms with Crippen molar-refractivity contribution in [2.45, 2.75) is 19.1 Å². The van der Waals surface area contributed by atoms with Crippen LogP contribution in [0.5, 0.6) is 0 Å². The van der Waals surface area contributed by atoms with Crippen LogP contribution in [0.4, 0.5) is 0 Å². The van der Waals surface area contributed by atoms with Gasteiger partial charge in [0.25, 0.3) is 0 Å². The predicted molar refractivity (Wildman–Crippen MR) is 39.0 cm³/mol. The first kappa shape index (κ1) is 8.49. The molecule has 1 N–H and O–H groups in total. The van der Waals surface area contributed by atoms with E-state index in [1.165, 1.54) is 7.11 Å². The maximum absolute atomic E-state index is 10.7. The van der Waals surface area contributed by atoms with Gasteiger partial charge in [0.05, 0.1) is 13.7 Å². The normalized spacial score (nSPS) is 23.5. The molecule has 11 heavy (non-hydrogen) atoms. The van der Waals surface area contributed by atoms with Gasteiger partial charge >= 0.3 is 5.97 Å². The van der Waals surface area contributed by atoms with Gasteiger partial charge in [0, 0.05) is 13.0 Å². The third kappa shape index (κ3) is 2.86. The molecule has 0 aromatic heterocycles. The molecule has 0 radical (unpaired) electrons. The summed E-state index contributed by atoms with van der Waals surface area (Å²) in [6.45, 7) is 1.62. The standard InChI is InChI=1S/C7H13NO3/c1-10-7(9)3-2-6-8-4-5-11-6/h6,8H,2-5H2,1H3. The Bertz CT molecular complexity index is 132. The summed E-state index contributed by atoms with van der Waals surface area (Å²) in [4.78, 5) is 10.7. The van der Waals surface area contributed by atoms with Crippen molar-refractivity contribution in [3.63, 3.8) is 0 Å². The Hall–Kier alpha value is -0.610. The van der Waals surface area contributed by atoms with Crippen LogP contribution in [0.1, 0.15) is 12.8 Å². The third-order valence-corrected chi connectivity index (χ3v) is 1.63. The maximum Gasteiger partial charge on any atom is 0.305 e. The summed E-state index contributed by atoms with van der Waals surface area (Å²) in [5.74, 6) is -0.178. The van der Waals surface area contributed by atoms with Gasteiger partial charge in [-0.2, -0.15) is 0 Å². The molecule has 1 heterocycles. The number of esters is 1. The number of nitrogens with one attached hydrogen (secondary N) is 1. The lowest BCUT2D eigenvalue weighted by molar-refractivity contribution is -0.141. The van der Waals surface area contributed by atoms with Crippen LogP contribution in [-0.4, -0.2) is 32.5 Å². The minimum atomic E-state index is -0.178. The minimum Gasteiger partial charge on any atom is -0.469 e. The van der Waals surface area contributed by atoms with E-state index in [4.69, 9.17) is 4.74 Å². The molecule has 0 aromatic carbocycles. The van der Waals surface area contributed by atoms with Crippen molar-refractivity contribution < 1.29 is 14.3 Å². The number of hydrogen-bond donors (Lipinski definition) is 1. The van der Waals surface area contributed by atoms with Crippen molar-refractivity contribution in [3.05, 3.63) is 0 Å². The molecule has 0 amide bonds.